The van der Waals surface area contributed by atoms with Crippen molar-refractivity contribution < 1.29 is 28.5 Å². The highest BCUT2D eigenvalue weighted by atomic mass is 28.4. The molecule has 0 spiro atoms. The number of nitrogens with one attached hydrogen (secondary N) is 1. The molecule has 1 aliphatic carbocycles. The molecule has 3 atom stereocenters. The van der Waals surface area contributed by atoms with Crippen molar-refractivity contribution in [1.82, 2.24) is 9.55 Å². The van der Waals surface area contributed by atoms with E-state index in [1.807, 2.05) is 48.5 Å². The van der Waals surface area contributed by atoms with Crippen LogP contribution in [0.4, 0.5) is 4.79 Å². The predicted molar refractivity (Wildman–Crippen MR) is 159 cm³/mol. The highest BCUT2D eigenvalue weighted by Crippen LogP contribution is 2.44. The van der Waals surface area contributed by atoms with E-state index >= 15 is 0 Å². The second-order valence-electron chi connectivity index (χ2n) is 12.3. The molecule has 1 fully saturated rings. The summed E-state index contributed by atoms with van der Waals surface area (Å²) < 4.78 is 24.7. The van der Waals surface area contributed by atoms with Crippen LogP contribution in [0.1, 0.15) is 56.2 Å². The van der Waals surface area contributed by atoms with Crippen LogP contribution in [0.15, 0.2) is 64.2 Å². The normalized spacial score (nSPS) is 20.3. The fourth-order valence-corrected chi connectivity index (χ4v) is 6.81. The van der Waals surface area contributed by atoms with E-state index in [9.17, 15) is 19.5 Å². The van der Waals surface area contributed by atoms with Gasteiger partial charge >= 0.3 is 11.8 Å². The standard InChI is InChI=1S/C31H38N2O8Si/c1-31(2,3)42(4,5)41-25-15-28(40-26(25)16-34)33-19(14-27(35)32-29(33)36)17-38-30(37)39-18-24-22-12-8-6-10-20(22)21-11-7-9-13-23(21)24/h6-14,24-26,28,34H,15-18H2,1-5H3,(H,32,35,36)/t25-,26+,28+/m0/s1. The van der Waals surface area contributed by atoms with E-state index in [1.54, 1.807) is 0 Å². The van der Waals surface area contributed by atoms with Crippen molar-refractivity contribution in [2.45, 2.75) is 76.3 Å². The molecule has 2 N–H and O–H groups in total. The monoisotopic (exact) mass is 594 g/mol. The third kappa shape index (κ3) is 5.87. The molecule has 5 rings (SSSR count). The molecule has 2 aromatic carbocycles. The molecule has 0 bridgehead atoms. The van der Waals surface area contributed by atoms with E-state index in [4.69, 9.17) is 18.6 Å². The number of aromatic nitrogens is 2. The smallest absolute Gasteiger partial charge is 0.433 e. The van der Waals surface area contributed by atoms with Gasteiger partial charge in [-0.2, -0.15) is 0 Å². The van der Waals surface area contributed by atoms with Gasteiger partial charge in [0.25, 0.3) is 5.56 Å². The van der Waals surface area contributed by atoms with Crippen LogP contribution in [0.5, 0.6) is 0 Å². The summed E-state index contributed by atoms with van der Waals surface area (Å²) in [6, 6.07) is 17.2. The van der Waals surface area contributed by atoms with Gasteiger partial charge in [0.1, 0.15) is 25.5 Å². The topological polar surface area (TPSA) is 129 Å². The van der Waals surface area contributed by atoms with Gasteiger partial charge in [0, 0.05) is 18.4 Å². The number of hydrogen-bond acceptors (Lipinski definition) is 8. The number of carbonyl (C=O) groups excluding carboxylic acids is 1. The maximum absolute atomic E-state index is 12.9. The largest absolute Gasteiger partial charge is 0.508 e. The summed E-state index contributed by atoms with van der Waals surface area (Å²) in [5, 5.41) is 9.94. The molecule has 0 radical (unpaired) electrons. The van der Waals surface area contributed by atoms with Crippen LogP contribution >= 0.6 is 0 Å². The first-order chi connectivity index (χ1) is 19.9. The van der Waals surface area contributed by atoms with E-state index in [1.165, 1.54) is 10.6 Å². The summed E-state index contributed by atoms with van der Waals surface area (Å²) in [5.74, 6) is -0.136. The molecule has 0 unspecified atom stereocenters. The van der Waals surface area contributed by atoms with Crippen molar-refractivity contribution in [3.8, 4) is 11.1 Å². The second-order valence-corrected chi connectivity index (χ2v) is 17.1. The lowest BCUT2D eigenvalue weighted by Gasteiger charge is -2.39. The molecule has 11 heteroatoms. The first kappa shape index (κ1) is 30.0. The highest BCUT2D eigenvalue weighted by molar-refractivity contribution is 6.74. The Hall–Kier alpha value is -3.51. The molecule has 2 heterocycles. The first-order valence-corrected chi connectivity index (χ1v) is 17.1. The Morgan fingerprint density at radius 1 is 1.05 bits per heavy atom. The number of nitrogens with zero attached hydrogens (tertiary/aromatic N) is 1. The maximum atomic E-state index is 12.9. The predicted octanol–water partition coefficient (Wildman–Crippen LogP) is 4.67. The zero-order valence-corrected chi connectivity index (χ0v) is 25.6. The second kappa shape index (κ2) is 11.6. The quantitative estimate of drug-likeness (QED) is 0.284. The number of aliphatic hydroxyl groups is 1. The molecule has 3 aromatic rings. The Bertz CT molecular complexity index is 1530. The van der Waals surface area contributed by atoms with Crippen LogP contribution in [0.3, 0.4) is 0 Å². The van der Waals surface area contributed by atoms with E-state index in [0.29, 0.717) is 0 Å². The molecule has 1 aliphatic heterocycles. The van der Waals surface area contributed by atoms with Crippen LogP contribution in [-0.4, -0.2) is 54.6 Å². The zero-order chi connectivity index (χ0) is 30.2. The van der Waals surface area contributed by atoms with Gasteiger partial charge < -0.3 is 23.7 Å². The van der Waals surface area contributed by atoms with Crippen molar-refractivity contribution in [3.63, 3.8) is 0 Å². The Balaban J connectivity index is 1.28. The Morgan fingerprint density at radius 3 is 2.26 bits per heavy atom. The highest BCUT2D eigenvalue weighted by Gasteiger charge is 2.45. The van der Waals surface area contributed by atoms with Crippen LogP contribution < -0.4 is 11.2 Å². The fraction of sp³-hybridized carbons (Fsp3) is 0.452. The Kier molecular flexibility index (Phi) is 8.30. The number of fused-ring (bicyclic) bond motifs is 3. The molecule has 1 aromatic heterocycles. The first-order valence-electron chi connectivity index (χ1n) is 14.2. The lowest BCUT2D eigenvalue weighted by Crippen LogP contribution is -2.46. The number of aliphatic hydroxyl groups excluding tert-OH is 1. The minimum atomic E-state index is -2.21. The minimum Gasteiger partial charge on any atom is -0.433 e. The number of carbonyl (C=O) groups is 1. The lowest BCUT2D eigenvalue weighted by atomic mass is 9.98. The number of aromatic amines is 1. The SMILES string of the molecule is CC(C)(C)[Si](C)(C)O[C@H]1C[C@H](n2c(COC(=O)OCC3c4ccccc4-c4ccccc43)cc(=O)[nH]c2=O)O[C@@H]1CO. The molecule has 2 aliphatic rings. The summed E-state index contributed by atoms with van der Waals surface area (Å²) >= 11 is 0. The van der Waals surface area contributed by atoms with Crippen LogP contribution in [0, 0.1) is 0 Å². The summed E-state index contributed by atoms with van der Waals surface area (Å²) in [5.41, 5.74) is 3.17. The molecule has 1 saturated heterocycles. The van der Waals surface area contributed by atoms with E-state index in [2.05, 4.69) is 38.8 Å². The van der Waals surface area contributed by atoms with Gasteiger partial charge in [-0.3, -0.25) is 14.3 Å². The van der Waals surface area contributed by atoms with Crippen molar-refractivity contribution in [2.24, 2.45) is 0 Å². The van der Waals surface area contributed by atoms with E-state index in [0.717, 1.165) is 22.3 Å². The summed E-state index contributed by atoms with van der Waals surface area (Å²) in [6.45, 7) is 9.96. The molecular formula is C31H38N2O8Si. The molecule has 0 saturated carbocycles. The zero-order valence-electron chi connectivity index (χ0n) is 24.6. The molecule has 10 nitrogen and oxygen atoms in total. The average Bonchev–Trinajstić information content (AvgIpc) is 3.47. The maximum Gasteiger partial charge on any atom is 0.508 e. The molecule has 224 valence electrons. The van der Waals surface area contributed by atoms with Crippen LogP contribution in [-0.2, 0) is 25.2 Å². The van der Waals surface area contributed by atoms with Gasteiger partial charge in [0.2, 0.25) is 0 Å². The number of rotatable bonds is 8. The molecule has 0 amide bonds. The third-order valence-electron chi connectivity index (χ3n) is 8.63. The Labute approximate surface area is 245 Å². The number of H-pyrrole nitrogens is 1. The van der Waals surface area contributed by atoms with E-state index < -0.39 is 44.2 Å². The number of hydrogen-bond donors (Lipinski definition) is 2. The fourth-order valence-electron chi connectivity index (χ4n) is 5.45. The summed E-state index contributed by atoms with van der Waals surface area (Å²) in [6.07, 6.45) is -2.57. The summed E-state index contributed by atoms with van der Waals surface area (Å²) in [4.78, 5) is 40.1. The average molecular weight is 595 g/mol. The van der Waals surface area contributed by atoms with Crippen molar-refractivity contribution in [1.29, 1.82) is 0 Å². The van der Waals surface area contributed by atoms with Gasteiger partial charge in [-0.1, -0.05) is 69.3 Å². The van der Waals surface area contributed by atoms with Gasteiger partial charge in [0.15, 0.2) is 8.32 Å². The molecular weight excluding hydrogens is 556 g/mol. The van der Waals surface area contributed by atoms with Crippen LogP contribution in [0.25, 0.3) is 11.1 Å². The van der Waals surface area contributed by atoms with Gasteiger partial charge in [-0.15, -0.1) is 0 Å². The van der Waals surface area contributed by atoms with Gasteiger partial charge in [0.05, 0.1) is 18.4 Å². The van der Waals surface area contributed by atoms with E-state index in [-0.39, 0.29) is 42.9 Å². The lowest BCUT2D eigenvalue weighted by molar-refractivity contribution is -0.0462. The van der Waals surface area contributed by atoms with Gasteiger partial charge in [-0.05, 0) is 40.4 Å². The number of benzene rings is 2. The van der Waals surface area contributed by atoms with Crippen molar-refractivity contribution in [3.05, 3.63) is 92.3 Å². The summed E-state index contributed by atoms with van der Waals surface area (Å²) in [7, 11) is -2.21. The van der Waals surface area contributed by atoms with Crippen molar-refractivity contribution >= 4 is 14.5 Å². The van der Waals surface area contributed by atoms with Gasteiger partial charge in [-0.25, -0.2) is 9.59 Å². The third-order valence-corrected chi connectivity index (χ3v) is 13.1. The van der Waals surface area contributed by atoms with Crippen LogP contribution in [0.2, 0.25) is 18.1 Å². The number of ether oxygens (including phenoxy) is 3. The molecule has 42 heavy (non-hydrogen) atoms. The van der Waals surface area contributed by atoms with Crippen molar-refractivity contribution in [2.75, 3.05) is 13.2 Å². The Morgan fingerprint density at radius 2 is 1.67 bits per heavy atom. The minimum absolute atomic E-state index is 0.0675.